The molecule has 0 amide bonds. The molecule has 1 aromatic carbocycles. The summed E-state index contributed by atoms with van der Waals surface area (Å²) in [6, 6.07) is 12.1. The predicted octanol–water partition coefficient (Wildman–Crippen LogP) is 3.66. The van der Waals surface area contributed by atoms with Crippen molar-refractivity contribution in [1.82, 2.24) is 4.98 Å². The summed E-state index contributed by atoms with van der Waals surface area (Å²) in [5.41, 5.74) is 3.29. The zero-order valence-corrected chi connectivity index (χ0v) is 10.4. The number of hydrogen-bond acceptors (Lipinski definition) is 2. The van der Waals surface area contributed by atoms with Crippen LogP contribution in [0.3, 0.4) is 0 Å². The molecule has 17 heavy (non-hydrogen) atoms. The monoisotopic (exact) mass is 244 g/mol. The van der Waals surface area contributed by atoms with Crippen LogP contribution in [0.15, 0.2) is 47.6 Å². The van der Waals surface area contributed by atoms with Crippen molar-refractivity contribution in [2.45, 2.75) is 13.5 Å². The molecule has 0 unspecified atom stereocenters. The van der Waals surface area contributed by atoms with Gasteiger partial charge in [0, 0.05) is 18.0 Å². The highest BCUT2D eigenvalue weighted by Crippen LogP contribution is 2.09. The first-order valence-electron chi connectivity index (χ1n) is 5.41. The summed E-state index contributed by atoms with van der Waals surface area (Å²) in [6.45, 7) is 2.73. The van der Waals surface area contributed by atoms with Gasteiger partial charge in [0.25, 0.3) is 0 Å². The standard InChI is InChI=1S/C14H13ClN2/c1-11-4-6-12(7-5-11)9-16-10-13-3-2-8-17-14(13)15/h2-8,10H,9H2,1H3. The van der Waals surface area contributed by atoms with E-state index < -0.39 is 0 Å². The van der Waals surface area contributed by atoms with E-state index in [4.69, 9.17) is 11.6 Å². The van der Waals surface area contributed by atoms with E-state index in [1.54, 1.807) is 12.4 Å². The summed E-state index contributed by atoms with van der Waals surface area (Å²) in [4.78, 5) is 8.34. The minimum absolute atomic E-state index is 0.486. The van der Waals surface area contributed by atoms with E-state index in [1.807, 2.05) is 12.1 Å². The minimum atomic E-state index is 0.486. The number of halogens is 1. The molecular weight excluding hydrogens is 232 g/mol. The molecule has 86 valence electrons. The topological polar surface area (TPSA) is 25.2 Å². The lowest BCUT2D eigenvalue weighted by atomic mass is 10.1. The predicted molar refractivity (Wildman–Crippen MR) is 71.7 cm³/mol. The molecule has 0 saturated heterocycles. The lowest BCUT2D eigenvalue weighted by molar-refractivity contribution is 1.07. The van der Waals surface area contributed by atoms with Crippen LogP contribution in [0, 0.1) is 6.92 Å². The highest BCUT2D eigenvalue weighted by molar-refractivity contribution is 6.31. The Labute approximate surface area is 106 Å². The molecule has 1 heterocycles. The molecule has 0 fully saturated rings. The molecule has 1 aromatic heterocycles. The summed E-state index contributed by atoms with van der Waals surface area (Å²) in [6.07, 6.45) is 3.43. The highest BCUT2D eigenvalue weighted by Gasteiger charge is 1.95. The molecule has 2 nitrogen and oxygen atoms in total. The number of aliphatic imine (C=N–C) groups is 1. The van der Waals surface area contributed by atoms with Gasteiger partial charge in [-0.25, -0.2) is 4.98 Å². The summed E-state index contributed by atoms with van der Waals surface area (Å²) in [7, 11) is 0. The maximum absolute atomic E-state index is 5.92. The molecule has 0 radical (unpaired) electrons. The van der Waals surface area contributed by atoms with Crippen LogP contribution < -0.4 is 0 Å². The molecule has 0 aliphatic heterocycles. The van der Waals surface area contributed by atoms with Crippen LogP contribution >= 0.6 is 11.6 Å². The number of benzene rings is 1. The van der Waals surface area contributed by atoms with Crippen LogP contribution in [0.5, 0.6) is 0 Å². The number of hydrogen-bond donors (Lipinski definition) is 0. The van der Waals surface area contributed by atoms with Crippen molar-refractivity contribution in [3.8, 4) is 0 Å². The molecule has 0 aliphatic carbocycles. The molecule has 2 rings (SSSR count). The molecule has 0 N–H and O–H groups in total. The summed E-state index contributed by atoms with van der Waals surface area (Å²) < 4.78 is 0. The van der Waals surface area contributed by atoms with Crippen molar-refractivity contribution in [3.05, 3.63) is 64.4 Å². The second-order valence-corrected chi connectivity index (χ2v) is 4.20. The van der Waals surface area contributed by atoms with E-state index in [9.17, 15) is 0 Å². The average molecular weight is 245 g/mol. The van der Waals surface area contributed by atoms with Crippen molar-refractivity contribution in [3.63, 3.8) is 0 Å². The Bertz CT molecular complexity index is 518. The maximum Gasteiger partial charge on any atom is 0.137 e. The first-order valence-corrected chi connectivity index (χ1v) is 5.79. The van der Waals surface area contributed by atoms with Gasteiger partial charge in [-0.2, -0.15) is 0 Å². The minimum Gasteiger partial charge on any atom is -0.288 e. The number of aryl methyl sites for hydroxylation is 1. The van der Waals surface area contributed by atoms with Crippen LogP contribution in [0.4, 0.5) is 0 Å². The van der Waals surface area contributed by atoms with E-state index in [2.05, 4.69) is 41.2 Å². The van der Waals surface area contributed by atoms with Gasteiger partial charge < -0.3 is 0 Å². The van der Waals surface area contributed by atoms with Crippen molar-refractivity contribution < 1.29 is 0 Å². The Morgan fingerprint density at radius 2 is 2.00 bits per heavy atom. The largest absolute Gasteiger partial charge is 0.288 e. The number of aromatic nitrogens is 1. The molecule has 0 atom stereocenters. The molecule has 3 heteroatoms. The molecule has 0 spiro atoms. The first-order chi connectivity index (χ1) is 8.25. The van der Waals surface area contributed by atoms with Gasteiger partial charge in [0.05, 0.1) is 6.54 Å². The van der Waals surface area contributed by atoms with Crippen LogP contribution in [0.1, 0.15) is 16.7 Å². The van der Waals surface area contributed by atoms with E-state index in [-0.39, 0.29) is 0 Å². The number of rotatable bonds is 3. The number of nitrogens with zero attached hydrogens (tertiary/aromatic N) is 2. The maximum atomic E-state index is 5.92. The Kier molecular flexibility index (Phi) is 3.89. The Balaban J connectivity index is 2.03. The van der Waals surface area contributed by atoms with Gasteiger partial charge in [0.2, 0.25) is 0 Å². The van der Waals surface area contributed by atoms with Gasteiger partial charge >= 0.3 is 0 Å². The van der Waals surface area contributed by atoms with Gasteiger partial charge in [0.15, 0.2) is 0 Å². The summed E-state index contributed by atoms with van der Waals surface area (Å²) in [5, 5.41) is 0.486. The molecular formula is C14H13ClN2. The molecule has 2 aromatic rings. The van der Waals surface area contributed by atoms with Crippen LogP contribution in [0.2, 0.25) is 5.15 Å². The second-order valence-electron chi connectivity index (χ2n) is 3.84. The molecule has 0 saturated carbocycles. The SMILES string of the molecule is Cc1ccc(CN=Cc2cccnc2Cl)cc1. The van der Waals surface area contributed by atoms with Gasteiger partial charge in [-0.15, -0.1) is 0 Å². The fourth-order valence-corrected chi connectivity index (χ4v) is 1.61. The fourth-order valence-electron chi connectivity index (χ4n) is 1.44. The van der Waals surface area contributed by atoms with Gasteiger partial charge in [-0.05, 0) is 24.6 Å². The molecule has 0 aliphatic rings. The Hall–Kier alpha value is -1.67. The smallest absolute Gasteiger partial charge is 0.137 e. The Morgan fingerprint density at radius 3 is 2.71 bits per heavy atom. The fraction of sp³-hybridized carbons (Fsp3) is 0.143. The van der Waals surface area contributed by atoms with E-state index in [0.717, 1.165) is 5.56 Å². The van der Waals surface area contributed by atoms with Crippen molar-refractivity contribution in [2.24, 2.45) is 4.99 Å². The van der Waals surface area contributed by atoms with Crippen molar-refractivity contribution in [2.75, 3.05) is 0 Å². The quantitative estimate of drug-likeness (QED) is 0.598. The average Bonchev–Trinajstić information content (AvgIpc) is 2.34. The van der Waals surface area contributed by atoms with Crippen LogP contribution in [-0.4, -0.2) is 11.2 Å². The lowest BCUT2D eigenvalue weighted by Crippen LogP contribution is -1.87. The van der Waals surface area contributed by atoms with E-state index in [1.165, 1.54) is 11.1 Å². The molecule has 0 bridgehead atoms. The lowest BCUT2D eigenvalue weighted by Gasteiger charge is -1.98. The zero-order chi connectivity index (χ0) is 12.1. The normalized spacial score (nSPS) is 10.9. The summed E-state index contributed by atoms with van der Waals surface area (Å²) >= 11 is 5.92. The third-order valence-electron chi connectivity index (χ3n) is 2.41. The first kappa shape index (κ1) is 11.8. The van der Waals surface area contributed by atoms with Gasteiger partial charge in [-0.1, -0.05) is 41.4 Å². The van der Waals surface area contributed by atoms with Crippen LogP contribution in [-0.2, 0) is 6.54 Å². The Morgan fingerprint density at radius 1 is 1.24 bits per heavy atom. The van der Waals surface area contributed by atoms with E-state index >= 15 is 0 Å². The third-order valence-corrected chi connectivity index (χ3v) is 2.73. The van der Waals surface area contributed by atoms with Gasteiger partial charge in [-0.3, -0.25) is 4.99 Å². The summed E-state index contributed by atoms with van der Waals surface area (Å²) in [5.74, 6) is 0. The van der Waals surface area contributed by atoms with Crippen LogP contribution in [0.25, 0.3) is 0 Å². The highest BCUT2D eigenvalue weighted by atomic mass is 35.5. The van der Waals surface area contributed by atoms with Gasteiger partial charge in [0.1, 0.15) is 5.15 Å². The van der Waals surface area contributed by atoms with E-state index in [0.29, 0.717) is 11.7 Å². The number of pyridine rings is 1. The van der Waals surface area contributed by atoms with Crippen molar-refractivity contribution in [1.29, 1.82) is 0 Å². The third kappa shape index (κ3) is 3.40. The second kappa shape index (κ2) is 5.60. The zero-order valence-electron chi connectivity index (χ0n) is 9.60. The van der Waals surface area contributed by atoms with Crippen molar-refractivity contribution >= 4 is 17.8 Å².